The van der Waals surface area contributed by atoms with Gasteiger partial charge >= 0.3 is 6.09 Å². The van der Waals surface area contributed by atoms with Crippen molar-refractivity contribution in [1.29, 1.82) is 0 Å². The van der Waals surface area contributed by atoms with Crippen LogP contribution in [0.5, 0.6) is 0 Å². The predicted octanol–water partition coefficient (Wildman–Crippen LogP) is 3.10. The second kappa shape index (κ2) is 6.47. The molecule has 1 amide bonds. The quantitative estimate of drug-likeness (QED) is 0.459. The molecule has 1 heterocycles. The van der Waals surface area contributed by atoms with E-state index in [-0.39, 0.29) is 22.4 Å². The van der Waals surface area contributed by atoms with Gasteiger partial charge in [0.05, 0.1) is 15.9 Å². The highest BCUT2D eigenvalue weighted by Crippen LogP contribution is 2.34. The lowest BCUT2D eigenvalue weighted by molar-refractivity contribution is -0.384. The molecule has 0 aromatic heterocycles. The molecule has 0 radical (unpaired) electrons. The number of carbonyl (C=O) groups excluding carboxylic acids is 1. The molecule has 0 saturated carbocycles. The molecule has 0 aliphatic carbocycles. The number of amides is 1. The Balaban J connectivity index is 2.39. The molecular formula is C16H20N2O6S. The maximum absolute atomic E-state index is 12.8. The topological polar surface area (TPSA) is 107 Å². The summed E-state index contributed by atoms with van der Waals surface area (Å²) >= 11 is 0. The predicted molar refractivity (Wildman–Crippen MR) is 90.4 cm³/mol. The number of ether oxygens (including phenoxy) is 1. The summed E-state index contributed by atoms with van der Waals surface area (Å²) in [6, 6.07) is 3.57. The molecule has 9 heteroatoms. The third-order valence-corrected chi connectivity index (χ3v) is 5.83. The SMILES string of the molecule is C=C[C@H]1C[C@@H](C(C)(C)C)OC(=O)N1S(=O)(=O)c1ccc([N+](=O)[O-])cc1. The Bertz CT molecular complexity index is 795. The van der Waals surface area contributed by atoms with E-state index in [0.717, 1.165) is 24.3 Å². The summed E-state index contributed by atoms with van der Waals surface area (Å²) in [6.07, 6.45) is 0.244. The van der Waals surface area contributed by atoms with Gasteiger partial charge in [-0.1, -0.05) is 26.8 Å². The van der Waals surface area contributed by atoms with E-state index in [2.05, 4.69) is 6.58 Å². The molecule has 25 heavy (non-hydrogen) atoms. The average molecular weight is 368 g/mol. The number of cyclic esters (lactones) is 1. The Morgan fingerprint density at radius 1 is 1.32 bits per heavy atom. The summed E-state index contributed by atoms with van der Waals surface area (Å²) in [6.45, 7) is 9.31. The van der Waals surface area contributed by atoms with Gasteiger partial charge in [-0.25, -0.2) is 13.2 Å². The van der Waals surface area contributed by atoms with Crippen molar-refractivity contribution in [3.8, 4) is 0 Å². The second-order valence-electron chi connectivity index (χ2n) is 6.83. The molecule has 2 atom stereocenters. The number of carbonyl (C=O) groups is 1. The number of nitrogens with zero attached hydrogens (tertiary/aromatic N) is 2. The number of nitro groups is 1. The van der Waals surface area contributed by atoms with Crippen LogP contribution >= 0.6 is 0 Å². The number of benzene rings is 1. The van der Waals surface area contributed by atoms with Crippen LogP contribution in [0.3, 0.4) is 0 Å². The number of hydrogen-bond acceptors (Lipinski definition) is 6. The van der Waals surface area contributed by atoms with Crippen molar-refractivity contribution < 1.29 is 22.9 Å². The van der Waals surface area contributed by atoms with Gasteiger partial charge in [-0.2, -0.15) is 4.31 Å². The molecule has 1 saturated heterocycles. The third kappa shape index (κ3) is 3.65. The van der Waals surface area contributed by atoms with Crippen LogP contribution < -0.4 is 0 Å². The van der Waals surface area contributed by atoms with Gasteiger partial charge in [0, 0.05) is 18.6 Å². The van der Waals surface area contributed by atoms with Crippen LogP contribution in [0.1, 0.15) is 27.2 Å². The van der Waals surface area contributed by atoms with E-state index in [4.69, 9.17) is 4.74 Å². The van der Waals surface area contributed by atoms with Crippen LogP contribution in [0.15, 0.2) is 41.8 Å². The Morgan fingerprint density at radius 3 is 2.32 bits per heavy atom. The lowest BCUT2D eigenvalue weighted by Gasteiger charge is -2.41. The first-order valence-electron chi connectivity index (χ1n) is 7.60. The second-order valence-corrected chi connectivity index (χ2v) is 8.64. The molecule has 1 aliphatic heterocycles. The first kappa shape index (κ1) is 18.9. The number of sulfonamides is 1. The molecule has 136 valence electrons. The molecule has 8 nitrogen and oxygen atoms in total. The summed E-state index contributed by atoms with van der Waals surface area (Å²) in [4.78, 5) is 22.2. The van der Waals surface area contributed by atoms with Crippen molar-refractivity contribution in [2.45, 2.75) is 44.2 Å². The molecule has 1 fully saturated rings. The largest absolute Gasteiger partial charge is 0.445 e. The first-order chi connectivity index (χ1) is 11.5. The van der Waals surface area contributed by atoms with E-state index in [0.29, 0.717) is 4.31 Å². The Hall–Kier alpha value is -2.42. The molecule has 0 spiro atoms. The third-order valence-electron chi connectivity index (χ3n) is 4.02. The van der Waals surface area contributed by atoms with Crippen LogP contribution in [0.2, 0.25) is 0 Å². The summed E-state index contributed by atoms with van der Waals surface area (Å²) in [5, 5.41) is 10.7. The van der Waals surface area contributed by atoms with Gasteiger partial charge in [0.15, 0.2) is 0 Å². The van der Waals surface area contributed by atoms with Gasteiger partial charge in [0.1, 0.15) is 6.10 Å². The minimum Gasteiger partial charge on any atom is -0.445 e. The lowest BCUT2D eigenvalue weighted by atomic mass is 9.84. The zero-order valence-corrected chi connectivity index (χ0v) is 15.0. The Kier molecular flexibility index (Phi) is 4.90. The van der Waals surface area contributed by atoms with Crippen LogP contribution in [0, 0.1) is 15.5 Å². The molecule has 1 aromatic rings. The monoisotopic (exact) mass is 368 g/mol. The Labute approximate surface area is 146 Å². The van der Waals surface area contributed by atoms with Gasteiger partial charge < -0.3 is 4.74 Å². The van der Waals surface area contributed by atoms with Gasteiger partial charge in [-0.05, 0) is 17.5 Å². The highest BCUT2D eigenvalue weighted by Gasteiger charge is 2.45. The zero-order valence-electron chi connectivity index (χ0n) is 14.2. The molecule has 0 bridgehead atoms. The number of non-ortho nitro benzene ring substituents is 1. The van der Waals surface area contributed by atoms with Crippen LogP contribution in [0.4, 0.5) is 10.5 Å². The van der Waals surface area contributed by atoms with Crippen LogP contribution in [0.25, 0.3) is 0 Å². The molecule has 0 N–H and O–H groups in total. The number of nitro benzene ring substituents is 1. The van der Waals surface area contributed by atoms with Crippen molar-refractivity contribution >= 4 is 21.8 Å². The lowest BCUT2D eigenvalue weighted by Crippen LogP contribution is -2.53. The maximum Gasteiger partial charge on any atom is 0.424 e. The van der Waals surface area contributed by atoms with Gasteiger partial charge in [-0.15, -0.1) is 6.58 Å². The maximum atomic E-state index is 12.8. The number of hydrogen-bond donors (Lipinski definition) is 0. The fourth-order valence-electron chi connectivity index (χ4n) is 2.52. The highest BCUT2D eigenvalue weighted by atomic mass is 32.2. The Morgan fingerprint density at radius 2 is 1.88 bits per heavy atom. The molecular weight excluding hydrogens is 348 g/mol. The summed E-state index contributed by atoms with van der Waals surface area (Å²) in [7, 11) is -4.22. The minimum atomic E-state index is -4.22. The summed E-state index contributed by atoms with van der Waals surface area (Å²) in [5.74, 6) is 0. The minimum absolute atomic E-state index is 0.226. The fraction of sp³-hybridized carbons (Fsp3) is 0.438. The fourth-order valence-corrected chi connectivity index (χ4v) is 4.00. The van der Waals surface area contributed by atoms with E-state index < -0.39 is 33.2 Å². The molecule has 1 aliphatic rings. The van der Waals surface area contributed by atoms with Crippen molar-refractivity contribution in [3.05, 3.63) is 47.0 Å². The van der Waals surface area contributed by atoms with Crippen molar-refractivity contribution in [3.63, 3.8) is 0 Å². The van der Waals surface area contributed by atoms with Gasteiger partial charge in [-0.3, -0.25) is 10.1 Å². The molecule has 2 rings (SSSR count). The van der Waals surface area contributed by atoms with E-state index in [1.165, 1.54) is 6.08 Å². The zero-order chi connectivity index (χ0) is 19.0. The van der Waals surface area contributed by atoms with Crippen LogP contribution in [-0.2, 0) is 14.8 Å². The van der Waals surface area contributed by atoms with E-state index in [9.17, 15) is 23.3 Å². The van der Waals surface area contributed by atoms with Crippen molar-refractivity contribution in [2.75, 3.05) is 0 Å². The van der Waals surface area contributed by atoms with Crippen molar-refractivity contribution in [2.24, 2.45) is 5.41 Å². The first-order valence-corrected chi connectivity index (χ1v) is 9.04. The smallest absolute Gasteiger partial charge is 0.424 e. The normalized spacial score (nSPS) is 21.6. The summed E-state index contributed by atoms with van der Waals surface area (Å²) < 4.78 is 31.6. The van der Waals surface area contributed by atoms with Gasteiger partial charge in [0.25, 0.3) is 15.7 Å². The average Bonchev–Trinajstić information content (AvgIpc) is 2.52. The van der Waals surface area contributed by atoms with E-state index in [1.54, 1.807) is 0 Å². The van der Waals surface area contributed by atoms with Crippen molar-refractivity contribution in [1.82, 2.24) is 4.31 Å². The van der Waals surface area contributed by atoms with E-state index >= 15 is 0 Å². The molecule has 0 unspecified atom stereocenters. The molecule has 1 aromatic carbocycles. The van der Waals surface area contributed by atoms with Crippen LogP contribution in [-0.4, -0.2) is 35.9 Å². The van der Waals surface area contributed by atoms with Gasteiger partial charge in [0.2, 0.25) is 0 Å². The highest BCUT2D eigenvalue weighted by molar-refractivity contribution is 7.89. The van der Waals surface area contributed by atoms with E-state index in [1.807, 2.05) is 20.8 Å². The number of rotatable bonds is 4. The summed E-state index contributed by atoms with van der Waals surface area (Å²) in [5.41, 5.74) is -0.589. The standard InChI is InChI=1S/C16H20N2O6S/c1-5-11-10-14(16(2,3)4)24-15(19)17(11)25(22,23)13-8-6-12(7-9-13)18(20)21/h5-9,11,14H,1,10H2,2-4H3/t11-,14-/m0/s1.